The van der Waals surface area contributed by atoms with Gasteiger partial charge in [0, 0.05) is 24.2 Å². The Morgan fingerprint density at radius 2 is 2.19 bits per heavy atom. The largest absolute Gasteiger partial charge is 0.490 e. The Bertz CT molecular complexity index is 1300. The second-order valence-electron chi connectivity index (χ2n) is 8.37. The zero-order valence-electron chi connectivity index (χ0n) is 20.0. The molecule has 1 aliphatic heterocycles. The molecule has 0 radical (unpaired) electrons. The Morgan fingerprint density at radius 3 is 2.86 bits per heavy atom. The molecule has 1 fully saturated rings. The highest BCUT2D eigenvalue weighted by molar-refractivity contribution is 6.01. The van der Waals surface area contributed by atoms with Crippen LogP contribution in [0.25, 0.3) is 5.82 Å². The first-order valence-electron chi connectivity index (χ1n) is 11.2. The van der Waals surface area contributed by atoms with Gasteiger partial charge in [0.2, 0.25) is 11.6 Å². The fourth-order valence-corrected chi connectivity index (χ4v) is 4.02. The van der Waals surface area contributed by atoms with Crippen LogP contribution in [0.5, 0.6) is 5.75 Å². The van der Waals surface area contributed by atoms with Gasteiger partial charge >= 0.3 is 5.69 Å². The van der Waals surface area contributed by atoms with Crippen LogP contribution in [-0.2, 0) is 6.54 Å². The van der Waals surface area contributed by atoms with E-state index in [1.54, 1.807) is 13.0 Å². The van der Waals surface area contributed by atoms with Crippen molar-refractivity contribution >= 4 is 23.1 Å². The van der Waals surface area contributed by atoms with Gasteiger partial charge in [0.05, 0.1) is 23.4 Å². The number of ether oxygens (including phenoxy) is 1. The van der Waals surface area contributed by atoms with Gasteiger partial charge in [-0.15, -0.1) is 5.10 Å². The number of hydrazone groups is 1. The summed E-state index contributed by atoms with van der Waals surface area (Å²) in [6.07, 6.45) is 3.22. The summed E-state index contributed by atoms with van der Waals surface area (Å²) >= 11 is 0. The highest BCUT2D eigenvalue weighted by atomic mass is 16.6. The summed E-state index contributed by atoms with van der Waals surface area (Å²) in [6, 6.07) is 4.70. The van der Waals surface area contributed by atoms with Crippen LogP contribution in [0.2, 0.25) is 0 Å². The summed E-state index contributed by atoms with van der Waals surface area (Å²) in [4.78, 5) is 26.1. The number of likely N-dealkylation sites (tertiary alicyclic amines) is 1. The van der Waals surface area contributed by atoms with E-state index in [0.29, 0.717) is 29.6 Å². The number of carbonyl (C=O) groups is 1. The molecule has 0 bridgehead atoms. The normalized spacial score (nSPS) is 16.6. The number of carbonyl (C=O) groups excluding carboxylic acids is 1. The Hall–Kier alpha value is -4.40. The minimum atomic E-state index is -0.613. The third-order valence-electron chi connectivity index (χ3n) is 6.09. The highest BCUT2D eigenvalue weighted by Crippen LogP contribution is 2.28. The van der Waals surface area contributed by atoms with Crippen LogP contribution >= 0.6 is 0 Å². The number of nitrogens with zero attached hydrogens (tertiary/aromatic N) is 8. The van der Waals surface area contributed by atoms with Crippen molar-refractivity contribution in [2.24, 2.45) is 5.10 Å². The molecule has 15 heteroatoms. The number of nitrogens with one attached hydrogen (secondary N) is 1. The molecule has 3 N–H and O–H groups in total. The van der Waals surface area contributed by atoms with Crippen molar-refractivity contribution in [1.29, 1.82) is 0 Å². The Balaban J connectivity index is 1.61. The van der Waals surface area contributed by atoms with Crippen LogP contribution in [0.15, 0.2) is 27.9 Å². The van der Waals surface area contributed by atoms with Gasteiger partial charge in [0.15, 0.2) is 11.4 Å². The van der Waals surface area contributed by atoms with Crippen molar-refractivity contribution in [3.05, 3.63) is 45.3 Å². The third-order valence-corrected chi connectivity index (χ3v) is 6.09. The lowest BCUT2D eigenvalue weighted by atomic mass is 10.0. The first-order valence-corrected chi connectivity index (χ1v) is 11.2. The first-order chi connectivity index (χ1) is 17.3. The van der Waals surface area contributed by atoms with Gasteiger partial charge in [0.25, 0.3) is 5.91 Å². The molecule has 0 spiro atoms. The second kappa shape index (κ2) is 10.5. The molecular formula is C21H26N10O5. The molecule has 4 rings (SSSR count). The van der Waals surface area contributed by atoms with Crippen molar-refractivity contribution in [2.75, 3.05) is 19.4 Å². The Labute approximate surface area is 205 Å². The maximum Gasteiger partial charge on any atom is 0.311 e. The smallest absolute Gasteiger partial charge is 0.311 e. The highest BCUT2D eigenvalue weighted by Gasteiger charge is 2.28. The van der Waals surface area contributed by atoms with Crippen LogP contribution < -0.4 is 15.9 Å². The predicted molar refractivity (Wildman–Crippen MR) is 127 cm³/mol. The monoisotopic (exact) mass is 498 g/mol. The van der Waals surface area contributed by atoms with E-state index >= 15 is 0 Å². The van der Waals surface area contributed by atoms with E-state index in [9.17, 15) is 14.9 Å². The molecule has 1 aliphatic rings. The van der Waals surface area contributed by atoms with Crippen LogP contribution in [0.3, 0.4) is 0 Å². The van der Waals surface area contributed by atoms with Gasteiger partial charge in [0.1, 0.15) is 0 Å². The summed E-state index contributed by atoms with van der Waals surface area (Å²) in [5, 5.41) is 30.9. The lowest BCUT2D eigenvalue weighted by molar-refractivity contribution is -0.385. The molecule has 1 aromatic carbocycles. The van der Waals surface area contributed by atoms with Crippen molar-refractivity contribution in [3.8, 4) is 11.6 Å². The zero-order valence-corrected chi connectivity index (χ0v) is 20.0. The molecule has 1 saturated heterocycles. The number of methoxy groups -OCH3 is 1. The van der Waals surface area contributed by atoms with Crippen LogP contribution in [0, 0.1) is 10.1 Å². The number of amides is 1. The van der Waals surface area contributed by atoms with E-state index in [-0.39, 0.29) is 28.8 Å². The van der Waals surface area contributed by atoms with Crippen molar-refractivity contribution < 1.29 is 19.1 Å². The molecule has 15 nitrogen and oxygen atoms in total. The van der Waals surface area contributed by atoms with Gasteiger partial charge in [-0.3, -0.25) is 19.8 Å². The summed E-state index contributed by atoms with van der Waals surface area (Å²) in [5.41, 5.74) is 9.38. The maximum atomic E-state index is 13.1. The first kappa shape index (κ1) is 24.7. The Kier molecular flexibility index (Phi) is 7.19. The van der Waals surface area contributed by atoms with Crippen molar-refractivity contribution in [3.63, 3.8) is 0 Å². The van der Waals surface area contributed by atoms with Gasteiger partial charge in [-0.05, 0) is 55.7 Å². The number of anilines is 1. The van der Waals surface area contributed by atoms with Crippen LogP contribution in [-0.4, -0.2) is 66.4 Å². The van der Waals surface area contributed by atoms with E-state index in [1.165, 1.54) is 23.9 Å². The number of nitrogen functional groups attached to an aromatic ring is 1. The zero-order chi connectivity index (χ0) is 25.8. The number of hydrogen-bond acceptors (Lipinski definition) is 12. The quantitative estimate of drug-likeness (QED) is 0.261. The summed E-state index contributed by atoms with van der Waals surface area (Å²) in [6.45, 7) is 4.96. The summed E-state index contributed by atoms with van der Waals surface area (Å²) in [5.74, 6) is -0.352. The molecule has 0 saturated carbocycles. The van der Waals surface area contributed by atoms with Crippen LogP contribution in [0.1, 0.15) is 54.9 Å². The van der Waals surface area contributed by atoms with Gasteiger partial charge < -0.3 is 10.5 Å². The fourth-order valence-electron chi connectivity index (χ4n) is 4.02. The fraction of sp³-hybridized carbons (Fsp3) is 0.429. The van der Waals surface area contributed by atoms with Crippen molar-refractivity contribution in [1.82, 2.24) is 35.6 Å². The second-order valence-corrected chi connectivity index (χ2v) is 8.37. The number of nitro groups is 1. The molecule has 3 heterocycles. The number of hydrogen-bond donors (Lipinski definition) is 2. The lowest BCUT2D eigenvalue weighted by Gasteiger charge is -2.33. The van der Waals surface area contributed by atoms with E-state index < -0.39 is 10.8 Å². The third kappa shape index (κ3) is 5.00. The molecular weight excluding hydrogens is 472 g/mol. The molecule has 2 aromatic heterocycles. The van der Waals surface area contributed by atoms with Crippen LogP contribution in [0.4, 0.5) is 11.5 Å². The van der Waals surface area contributed by atoms with Gasteiger partial charge in [-0.1, -0.05) is 11.6 Å². The molecule has 36 heavy (non-hydrogen) atoms. The molecule has 3 aromatic rings. The van der Waals surface area contributed by atoms with E-state index in [2.05, 4.69) is 43.0 Å². The topological polar surface area (TPSA) is 193 Å². The van der Waals surface area contributed by atoms with Crippen molar-refractivity contribution in [2.45, 2.75) is 45.7 Å². The van der Waals surface area contributed by atoms with Gasteiger partial charge in [-0.2, -0.15) is 9.78 Å². The summed E-state index contributed by atoms with van der Waals surface area (Å²) in [7, 11) is 1.35. The molecule has 0 unspecified atom stereocenters. The maximum absolute atomic E-state index is 13.1. The number of benzene rings is 1. The standard InChI is InChI=1S/C21H26N10O5/c1-12-6-4-5-9-29(12)11-16-18(24-28-30(16)20-19(22)26-36-27-20)21(32)25-23-13(2)14-7-8-17(35-3)15(10-14)31(33)34/h7-8,10,12H,4-6,9,11H2,1-3H3,(H2,22,26)(H,25,32)/b23-13+/t12-/m0/s1. The molecule has 190 valence electrons. The average molecular weight is 499 g/mol. The lowest BCUT2D eigenvalue weighted by Crippen LogP contribution is -2.38. The Morgan fingerprint density at radius 1 is 1.39 bits per heavy atom. The number of piperidine rings is 1. The molecule has 0 aliphatic carbocycles. The summed E-state index contributed by atoms with van der Waals surface area (Å²) < 4.78 is 11.1. The number of rotatable bonds is 8. The number of nitrogens with two attached hydrogens (primary N) is 1. The minimum Gasteiger partial charge on any atom is -0.490 e. The number of nitro benzene ring substituents is 1. The number of aromatic nitrogens is 5. The molecule has 1 atom stereocenters. The van der Waals surface area contributed by atoms with E-state index in [4.69, 9.17) is 15.1 Å². The predicted octanol–water partition coefficient (Wildman–Crippen LogP) is 1.68. The van der Waals surface area contributed by atoms with E-state index in [0.717, 1.165) is 25.8 Å². The van der Waals surface area contributed by atoms with E-state index in [1.807, 2.05) is 0 Å². The SMILES string of the molecule is COc1ccc(/C(C)=N/NC(=O)c2nnn(-c3nonc3N)c2CN2CCCC[C@@H]2C)cc1[N+](=O)[O-]. The molecule has 1 amide bonds. The average Bonchev–Trinajstić information content (AvgIpc) is 3.48. The minimum absolute atomic E-state index is 0.00904. The van der Waals surface area contributed by atoms with Gasteiger partial charge in [-0.25, -0.2) is 10.1 Å².